The minimum absolute atomic E-state index is 0.0389. The van der Waals surface area contributed by atoms with E-state index in [0.29, 0.717) is 0 Å². The maximum absolute atomic E-state index is 14.4. The van der Waals surface area contributed by atoms with E-state index in [1.165, 1.54) is 6.92 Å². The summed E-state index contributed by atoms with van der Waals surface area (Å²) in [4.78, 5) is 40.9. The number of benzene rings is 1. The molecule has 0 bridgehead atoms. The number of rotatable bonds is 6. The summed E-state index contributed by atoms with van der Waals surface area (Å²) in [6.07, 6.45) is -5.06. The van der Waals surface area contributed by atoms with Gasteiger partial charge in [0.1, 0.15) is 11.5 Å². The molecule has 0 fully saturated rings. The lowest BCUT2D eigenvalue weighted by Gasteiger charge is -2.14. The van der Waals surface area contributed by atoms with Crippen molar-refractivity contribution in [3.8, 4) is 5.69 Å². The van der Waals surface area contributed by atoms with Gasteiger partial charge in [0.25, 0.3) is 5.56 Å². The standard InChI is InChI=1S/C18H16ClF4N3O5/c1-4-30-16(28)9(2)31-24-8-10-5-13(12(20)6-11(10)19)26-15(27)7-14(18(21,22)23)25(3)17(26)29/h5-9H,4H2,1-3H3/b24-8+/t9-/m0/s1. The predicted octanol–water partition coefficient (Wildman–Crippen LogP) is 2.65. The van der Waals surface area contributed by atoms with E-state index in [1.54, 1.807) is 6.92 Å². The lowest BCUT2D eigenvalue weighted by Crippen LogP contribution is -2.41. The zero-order chi connectivity index (χ0) is 23.5. The van der Waals surface area contributed by atoms with Crippen LogP contribution in [-0.4, -0.2) is 34.0 Å². The lowest BCUT2D eigenvalue weighted by molar-refractivity contribution is -0.155. The van der Waals surface area contributed by atoms with Gasteiger partial charge in [0, 0.05) is 18.7 Å². The van der Waals surface area contributed by atoms with E-state index in [9.17, 15) is 31.9 Å². The van der Waals surface area contributed by atoms with Crippen LogP contribution in [0.4, 0.5) is 17.6 Å². The SMILES string of the molecule is CCOC(=O)[C@H](C)O/N=C/c1cc(-n2c(=O)cc(C(F)(F)F)n(C)c2=O)c(F)cc1Cl. The molecule has 0 unspecified atom stereocenters. The highest BCUT2D eigenvalue weighted by molar-refractivity contribution is 6.33. The van der Waals surface area contributed by atoms with Crippen LogP contribution >= 0.6 is 11.6 Å². The molecule has 2 rings (SSSR count). The second-order valence-electron chi connectivity index (χ2n) is 6.10. The zero-order valence-electron chi connectivity index (χ0n) is 16.4. The van der Waals surface area contributed by atoms with Gasteiger partial charge in [-0.2, -0.15) is 13.2 Å². The zero-order valence-corrected chi connectivity index (χ0v) is 17.1. The summed E-state index contributed by atoms with van der Waals surface area (Å²) in [6, 6.07) is 1.85. The number of aromatic nitrogens is 2. The Bertz CT molecular complexity index is 1140. The van der Waals surface area contributed by atoms with Gasteiger partial charge in [-0.25, -0.2) is 18.5 Å². The molecule has 0 aliphatic heterocycles. The van der Waals surface area contributed by atoms with E-state index in [-0.39, 0.29) is 32.4 Å². The highest BCUT2D eigenvalue weighted by atomic mass is 35.5. The Hall–Kier alpha value is -3.15. The van der Waals surface area contributed by atoms with Crippen LogP contribution in [0.15, 0.2) is 32.9 Å². The van der Waals surface area contributed by atoms with E-state index in [0.717, 1.165) is 25.4 Å². The summed E-state index contributed by atoms with van der Waals surface area (Å²) in [5.74, 6) is -1.83. The maximum atomic E-state index is 14.4. The molecule has 1 heterocycles. The molecule has 13 heteroatoms. The Labute approximate surface area is 177 Å². The van der Waals surface area contributed by atoms with Crippen molar-refractivity contribution in [3.63, 3.8) is 0 Å². The highest BCUT2D eigenvalue weighted by Crippen LogP contribution is 2.27. The summed E-state index contributed by atoms with van der Waals surface area (Å²) >= 11 is 5.91. The fourth-order valence-corrected chi connectivity index (χ4v) is 2.62. The van der Waals surface area contributed by atoms with Crippen molar-refractivity contribution in [3.05, 3.63) is 61.1 Å². The summed E-state index contributed by atoms with van der Waals surface area (Å²) in [5, 5.41) is 3.33. The molecule has 0 N–H and O–H groups in total. The van der Waals surface area contributed by atoms with Crippen LogP contribution in [0.5, 0.6) is 0 Å². The quantitative estimate of drug-likeness (QED) is 0.283. The second kappa shape index (κ2) is 9.33. The number of alkyl halides is 3. The number of hydrogen-bond donors (Lipinski definition) is 0. The fourth-order valence-electron chi connectivity index (χ4n) is 2.42. The molecule has 31 heavy (non-hydrogen) atoms. The maximum Gasteiger partial charge on any atom is 0.431 e. The molecule has 1 aromatic heterocycles. The summed E-state index contributed by atoms with van der Waals surface area (Å²) in [7, 11) is 0.794. The third-order valence-corrected chi connectivity index (χ3v) is 4.27. The van der Waals surface area contributed by atoms with Gasteiger partial charge in [0.2, 0.25) is 6.10 Å². The Morgan fingerprint density at radius 2 is 1.94 bits per heavy atom. The second-order valence-corrected chi connectivity index (χ2v) is 6.51. The summed E-state index contributed by atoms with van der Waals surface area (Å²) < 4.78 is 58.5. The summed E-state index contributed by atoms with van der Waals surface area (Å²) in [6.45, 7) is 3.08. The largest absolute Gasteiger partial charge is 0.463 e. The minimum Gasteiger partial charge on any atom is -0.463 e. The first-order valence-electron chi connectivity index (χ1n) is 8.64. The van der Waals surface area contributed by atoms with Gasteiger partial charge < -0.3 is 9.57 Å². The molecule has 0 radical (unpaired) electrons. The first-order chi connectivity index (χ1) is 14.4. The van der Waals surface area contributed by atoms with Gasteiger partial charge in [-0.05, 0) is 26.0 Å². The fraction of sp³-hybridized carbons (Fsp3) is 0.333. The molecule has 0 aliphatic carbocycles. The predicted molar refractivity (Wildman–Crippen MR) is 102 cm³/mol. The highest BCUT2D eigenvalue weighted by Gasteiger charge is 2.35. The van der Waals surface area contributed by atoms with Crippen molar-refractivity contribution in [2.75, 3.05) is 6.61 Å². The Morgan fingerprint density at radius 1 is 1.29 bits per heavy atom. The van der Waals surface area contributed by atoms with E-state index < -0.39 is 46.7 Å². The number of carbonyl (C=O) groups excluding carboxylic acids is 1. The molecule has 0 spiro atoms. The third kappa shape index (κ3) is 5.32. The van der Waals surface area contributed by atoms with Crippen molar-refractivity contribution in [1.82, 2.24) is 9.13 Å². The first kappa shape index (κ1) is 24.1. The number of esters is 1. The van der Waals surface area contributed by atoms with Gasteiger partial charge in [-0.3, -0.25) is 9.36 Å². The number of oxime groups is 1. The molecule has 1 aromatic carbocycles. The van der Waals surface area contributed by atoms with Crippen LogP contribution < -0.4 is 11.2 Å². The van der Waals surface area contributed by atoms with Crippen LogP contribution in [0.1, 0.15) is 25.1 Å². The van der Waals surface area contributed by atoms with Gasteiger partial charge in [0.15, 0.2) is 0 Å². The van der Waals surface area contributed by atoms with Crippen molar-refractivity contribution in [2.24, 2.45) is 12.2 Å². The number of hydrogen-bond acceptors (Lipinski definition) is 6. The molecule has 0 aliphatic rings. The average molecular weight is 466 g/mol. The van der Waals surface area contributed by atoms with Crippen molar-refractivity contribution in [2.45, 2.75) is 26.1 Å². The summed E-state index contributed by atoms with van der Waals surface area (Å²) in [5.41, 5.74) is -4.99. The van der Waals surface area contributed by atoms with Crippen LogP contribution in [0.25, 0.3) is 5.69 Å². The van der Waals surface area contributed by atoms with Crippen molar-refractivity contribution < 1.29 is 31.9 Å². The van der Waals surface area contributed by atoms with E-state index in [2.05, 4.69) is 5.16 Å². The molecule has 2 aromatic rings. The van der Waals surface area contributed by atoms with Gasteiger partial charge >= 0.3 is 17.8 Å². The molecule has 1 atom stereocenters. The Morgan fingerprint density at radius 3 is 2.52 bits per heavy atom. The Balaban J connectivity index is 2.50. The van der Waals surface area contributed by atoms with Gasteiger partial charge in [-0.15, -0.1) is 0 Å². The van der Waals surface area contributed by atoms with Crippen LogP contribution in [0.3, 0.4) is 0 Å². The van der Waals surface area contributed by atoms with E-state index in [4.69, 9.17) is 21.2 Å². The Kier molecular flexibility index (Phi) is 7.26. The molecule has 0 saturated heterocycles. The molecule has 0 amide bonds. The minimum atomic E-state index is -4.96. The molecule has 0 saturated carbocycles. The number of ether oxygens (including phenoxy) is 1. The molecule has 8 nitrogen and oxygen atoms in total. The smallest absolute Gasteiger partial charge is 0.431 e. The van der Waals surface area contributed by atoms with Gasteiger partial charge in [-0.1, -0.05) is 16.8 Å². The number of halogens is 5. The van der Waals surface area contributed by atoms with Crippen LogP contribution in [0, 0.1) is 5.82 Å². The average Bonchev–Trinajstić information content (AvgIpc) is 2.66. The van der Waals surface area contributed by atoms with Crippen LogP contribution in [0.2, 0.25) is 5.02 Å². The molecular formula is C18H16ClF4N3O5. The first-order valence-corrected chi connectivity index (χ1v) is 9.01. The third-order valence-electron chi connectivity index (χ3n) is 3.95. The number of carbonyl (C=O) groups is 1. The topological polar surface area (TPSA) is 91.9 Å². The van der Waals surface area contributed by atoms with Gasteiger partial charge in [0.05, 0.1) is 23.5 Å². The van der Waals surface area contributed by atoms with Crippen LogP contribution in [-0.2, 0) is 27.6 Å². The molecule has 168 valence electrons. The van der Waals surface area contributed by atoms with Crippen molar-refractivity contribution >= 4 is 23.8 Å². The lowest BCUT2D eigenvalue weighted by atomic mass is 10.2. The monoisotopic (exact) mass is 465 g/mol. The number of nitrogens with zero attached hydrogens (tertiary/aromatic N) is 3. The molecular weight excluding hydrogens is 450 g/mol. The van der Waals surface area contributed by atoms with E-state index >= 15 is 0 Å². The normalized spacial score (nSPS) is 12.8. The van der Waals surface area contributed by atoms with Crippen molar-refractivity contribution in [1.29, 1.82) is 0 Å². The van der Waals surface area contributed by atoms with E-state index in [1.807, 2.05) is 0 Å².